The standard InChI is InChI=1S/C48H29BrN2OS/c49-41-15-7-4-12-35(41)30-18-20-32(21-19-30)50(34-22-24-37-36-13-5-8-16-43(36)52-44(37)29-34)33-23-26-42-40(28-33)38-25-27-46-47(39-14-6-9-17-45(39)53-46)48(38)51(42)31-10-2-1-3-11-31/h1-29H. The molecule has 0 aliphatic heterocycles. The van der Waals surface area contributed by atoms with Crippen LogP contribution in [0.4, 0.5) is 17.1 Å². The largest absolute Gasteiger partial charge is 0.456 e. The highest BCUT2D eigenvalue weighted by Gasteiger charge is 2.21. The molecular formula is C48H29BrN2OS. The number of nitrogens with zero attached hydrogens (tertiary/aromatic N) is 2. The molecule has 0 amide bonds. The third-order valence-corrected chi connectivity index (χ3v) is 12.3. The molecule has 0 aliphatic rings. The van der Waals surface area contributed by atoms with Gasteiger partial charge in [0.1, 0.15) is 11.2 Å². The Morgan fingerprint density at radius 3 is 2.04 bits per heavy atom. The van der Waals surface area contributed by atoms with Crippen molar-refractivity contribution in [1.82, 2.24) is 4.57 Å². The summed E-state index contributed by atoms with van der Waals surface area (Å²) >= 11 is 5.62. The Balaban J connectivity index is 1.17. The van der Waals surface area contributed by atoms with Gasteiger partial charge in [0.15, 0.2) is 0 Å². The summed E-state index contributed by atoms with van der Waals surface area (Å²) in [5.74, 6) is 0. The molecule has 3 heterocycles. The summed E-state index contributed by atoms with van der Waals surface area (Å²) in [7, 11) is 0. The van der Waals surface area contributed by atoms with Gasteiger partial charge < -0.3 is 13.9 Å². The first-order chi connectivity index (χ1) is 26.2. The molecule has 3 nitrogen and oxygen atoms in total. The van der Waals surface area contributed by atoms with Gasteiger partial charge in [-0.25, -0.2) is 0 Å². The SMILES string of the molecule is Brc1ccccc1-c1ccc(N(c2ccc3c(c2)oc2ccccc23)c2ccc3c(c2)c2ccc4sc5ccccc5c4c2n3-c2ccccc2)cc1. The summed E-state index contributed by atoms with van der Waals surface area (Å²) in [6.07, 6.45) is 0. The zero-order valence-electron chi connectivity index (χ0n) is 28.3. The number of furan rings is 1. The van der Waals surface area contributed by atoms with Gasteiger partial charge in [-0.1, -0.05) is 107 Å². The third-order valence-electron chi connectivity index (χ3n) is 10.5. The molecule has 250 valence electrons. The summed E-state index contributed by atoms with van der Waals surface area (Å²) in [4.78, 5) is 2.35. The quantitative estimate of drug-likeness (QED) is 0.174. The van der Waals surface area contributed by atoms with E-state index in [1.54, 1.807) is 0 Å². The van der Waals surface area contributed by atoms with Gasteiger partial charge in [0.2, 0.25) is 0 Å². The van der Waals surface area contributed by atoms with Crippen LogP contribution in [0, 0.1) is 0 Å². The fourth-order valence-electron chi connectivity index (χ4n) is 8.07. The highest BCUT2D eigenvalue weighted by atomic mass is 79.9. The Morgan fingerprint density at radius 1 is 0.491 bits per heavy atom. The summed E-state index contributed by atoms with van der Waals surface area (Å²) in [6.45, 7) is 0. The number of benzene rings is 8. The molecule has 0 unspecified atom stereocenters. The van der Waals surface area contributed by atoms with E-state index in [0.29, 0.717) is 0 Å². The van der Waals surface area contributed by atoms with Gasteiger partial charge in [0, 0.05) is 75.0 Å². The maximum Gasteiger partial charge on any atom is 0.137 e. The van der Waals surface area contributed by atoms with Crippen molar-refractivity contribution < 1.29 is 4.42 Å². The summed E-state index contributed by atoms with van der Waals surface area (Å²) in [5, 5.41) is 7.28. The van der Waals surface area contributed by atoms with Crippen molar-refractivity contribution in [2.45, 2.75) is 0 Å². The number of hydrogen-bond donors (Lipinski definition) is 0. The maximum atomic E-state index is 6.42. The minimum atomic E-state index is 0.868. The molecule has 53 heavy (non-hydrogen) atoms. The second-order valence-corrected chi connectivity index (χ2v) is 15.4. The normalized spacial score (nSPS) is 11.9. The highest BCUT2D eigenvalue weighted by molar-refractivity contribution is 9.10. The molecule has 11 aromatic rings. The van der Waals surface area contributed by atoms with Gasteiger partial charge in [-0.15, -0.1) is 11.3 Å². The van der Waals surface area contributed by atoms with E-state index in [4.69, 9.17) is 4.42 Å². The minimum absolute atomic E-state index is 0.868. The molecule has 0 aliphatic carbocycles. The van der Waals surface area contributed by atoms with Crippen LogP contribution in [0.2, 0.25) is 0 Å². The number of hydrogen-bond acceptors (Lipinski definition) is 3. The van der Waals surface area contributed by atoms with E-state index in [-0.39, 0.29) is 0 Å². The van der Waals surface area contributed by atoms with Crippen LogP contribution in [0.15, 0.2) is 185 Å². The van der Waals surface area contributed by atoms with Gasteiger partial charge in [-0.2, -0.15) is 0 Å². The number of para-hydroxylation sites is 2. The van der Waals surface area contributed by atoms with E-state index in [9.17, 15) is 0 Å². The van der Waals surface area contributed by atoms with E-state index in [2.05, 4.69) is 189 Å². The maximum absolute atomic E-state index is 6.42. The average Bonchev–Trinajstić information content (AvgIpc) is 3.88. The Kier molecular flexibility index (Phi) is 6.88. The number of rotatable bonds is 5. The van der Waals surface area contributed by atoms with E-state index in [1.165, 1.54) is 42.0 Å². The molecule has 5 heteroatoms. The van der Waals surface area contributed by atoms with Crippen molar-refractivity contribution in [3.8, 4) is 16.8 Å². The van der Waals surface area contributed by atoms with Crippen molar-refractivity contribution >= 4 is 108 Å². The van der Waals surface area contributed by atoms with Crippen molar-refractivity contribution in [2.75, 3.05) is 4.90 Å². The molecule has 0 bridgehead atoms. The van der Waals surface area contributed by atoms with Gasteiger partial charge in [-0.05, 0) is 90.0 Å². The van der Waals surface area contributed by atoms with E-state index >= 15 is 0 Å². The molecule has 0 spiro atoms. The van der Waals surface area contributed by atoms with Crippen molar-refractivity contribution in [3.05, 3.63) is 180 Å². The van der Waals surface area contributed by atoms with Crippen LogP contribution in [-0.4, -0.2) is 4.57 Å². The molecule has 11 rings (SSSR count). The van der Waals surface area contributed by atoms with Crippen molar-refractivity contribution in [3.63, 3.8) is 0 Å². The zero-order chi connectivity index (χ0) is 35.0. The minimum Gasteiger partial charge on any atom is -0.456 e. The highest BCUT2D eigenvalue weighted by Crippen LogP contribution is 2.46. The molecular weight excluding hydrogens is 733 g/mol. The number of thiophene rings is 1. The van der Waals surface area contributed by atoms with Crippen LogP contribution in [0.25, 0.3) is 80.7 Å². The Morgan fingerprint density at radius 2 is 1.17 bits per heavy atom. The number of aromatic nitrogens is 1. The molecule has 0 radical (unpaired) electrons. The Labute approximate surface area is 317 Å². The van der Waals surface area contributed by atoms with Crippen molar-refractivity contribution in [2.24, 2.45) is 0 Å². The lowest BCUT2D eigenvalue weighted by atomic mass is 10.0. The molecule has 0 atom stereocenters. The van der Waals surface area contributed by atoms with Crippen LogP contribution >= 0.6 is 27.3 Å². The lowest BCUT2D eigenvalue weighted by molar-refractivity contribution is 0.669. The predicted molar refractivity (Wildman–Crippen MR) is 229 cm³/mol. The van der Waals surface area contributed by atoms with Gasteiger partial charge >= 0.3 is 0 Å². The zero-order valence-corrected chi connectivity index (χ0v) is 30.7. The number of fused-ring (bicyclic) bond motifs is 10. The lowest BCUT2D eigenvalue weighted by Crippen LogP contribution is -2.09. The first-order valence-electron chi connectivity index (χ1n) is 17.7. The smallest absolute Gasteiger partial charge is 0.137 e. The summed E-state index contributed by atoms with van der Waals surface area (Å²) in [6, 6.07) is 63.1. The van der Waals surface area contributed by atoms with Gasteiger partial charge in [-0.3, -0.25) is 0 Å². The van der Waals surface area contributed by atoms with Crippen LogP contribution in [0.3, 0.4) is 0 Å². The first kappa shape index (κ1) is 30.5. The van der Waals surface area contributed by atoms with Gasteiger partial charge in [0.25, 0.3) is 0 Å². The van der Waals surface area contributed by atoms with Crippen molar-refractivity contribution in [1.29, 1.82) is 0 Å². The predicted octanol–water partition coefficient (Wildman–Crippen LogP) is 15.0. The Bertz CT molecular complexity index is 3190. The second-order valence-electron chi connectivity index (χ2n) is 13.4. The molecule has 0 saturated heterocycles. The van der Waals surface area contributed by atoms with Crippen LogP contribution < -0.4 is 4.90 Å². The van der Waals surface area contributed by atoms with E-state index in [0.717, 1.165) is 60.3 Å². The van der Waals surface area contributed by atoms with E-state index < -0.39 is 0 Å². The average molecular weight is 762 g/mol. The second kappa shape index (κ2) is 12.0. The van der Waals surface area contributed by atoms with Crippen LogP contribution in [0.5, 0.6) is 0 Å². The molecule has 3 aromatic heterocycles. The third kappa shape index (κ3) is 4.78. The monoisotopic (exact) mass is 760 g/mol. The number of anilines is 3. The van der Waals surface area contributed by atoms with E-state index in [1.807, 2.05) is 23.5 Å². The molecule has 0 fully saturated rings. The fourth-order valence-corrected chi connectivity index (χ4v) is 9.70. The fraction of sp³-hybridized carbons (Fsp3) is 0. The topological polar surface area (TPSA) is 21.3 Å². The van der Waals surface area contributed by atoms with Crippen LogP contribution in [-0.2, 0) is 0 Å². The first-order valence-corrected chi connectivity index (χ1v) is 19.3. The Hall–Kier alpha value is -6.14. The summed E-state index contributed by atoms with van der Waals surface area (Å²) in [5.41, 5.74) is 10.8. The molecule has 0 N–H and O–H groups in total. The molecule has 0 saturated carbocycles. The molecule has 8 aromatic carbocycles. The lowest BCUT2D eigenvalue weighted by Gasteiger charge is -2.26. The van der Waals surface area contributed by atoms with Crippen LogP contribution in [0.1, 0.15) is 0 Å². The van der Waals surface area contributed by atoms with Gasteiger partial charge in [0.05, 0.1) is 11.0 Å². The summed E-state index contributed by atoms with van der Waals surface area (Å²) < 4.78 is 12.5. The number of halogens is 1.